The first-order valence-electron chi connectivity index (χ1n) is 24.6. The number of unbranched alkanes of at least 4 members (excludes halogenated alkanes) is 10. The van der Waals surface area contributed by atoms with Crippen molar-refractivity contribution >= 4 is 17.8 Å². The van der Waals surface area contributed by atoms with Gasteiger partial charge in [-0.25, -0.2) is 4.79 Å². The molecule has 0 radical (unpaired) electrons. The molecule has 3 aromatic carbocycles. The van der Waals surface area contributed by atoms with Crippen LogP contribution < -0.4 is 20.7 Å². The summed E-state index contributed by atoms with van der Waals surface area (Å²) in [6.45, 7) is 12.7. The standard InChI is InChI=1S/C54H83N3O9/c1-8-9-10-11-12-13-14-15-16-17-24-29-48(58)41(5)51(66-37-45-30-32-46(63-7)33-31-45)40(4)34-55-49(39(2)3)52(59)57-50(42(6)65-36-44-27-22-19-23-28-44)53(60)56-47(54(61)62)38-64-35-43-25-20-18-21-26-43/h18-23,25-28,30-33,39-42,47-51,55,58H,8-17,24,29,34-38H2,1-7H3,(H,56,60)(H,57,59)(H,61,62)/t40-,41-,42?,47+,48-,49+,50+,51-/m1/s1. The number of nitrogens with one attached hydrogen (secondary N) is 3. The highest BCUT2D eigenvalue weighted by molar-refractivity contribution is 5.92. The quantitative estimate of drug-likeness (QED) is 0.0355. The van der Waals surface area contributed by atoms with Crippen molar-refractivity contribution in [2.24, 2.45) is 17.8 Å². The van der Waals surface area contributed by atoms with Crippen LogP contribution in [0.4, 0.5) is 0 Å². The molecule has 66 heavy (non-hydrogen) atoms. The third-order valence-corrected chi connectivity index (χ3v) is 12.4. The number of carbonyl (C=O) groups is 3. The Morgan fingerprint density at radius 3 is 1.68 bits per heavy atom. The minimum atomic E-state index is -1.37. The number of amides is 2. The van der Waals surface area contributed by atoms with Gasteiger partial charge in [0.25, 0.3) is 0 Å². The predicted octanol–water partition coefficient (Wildman–Crippen LogP) is 9.41. The van der Waals surface area contributed by atoms with Crippen LogP contribution >= 0.6 is 0 Å². The van der Waals surface area contributed by atoms with Crippen molar-refractivity contribution < 1.29 is 43.5 Å². The van der Waals surface area contributed by atoms with Crippen LogP contribution in [-0.4, -0.2) is 84.7 Å². The van der Waals surface area contributed by atoms with Gasteiger partial charge in [-0.05, 0) is 54.0 Å². The van der Waals surface area contributed by atoms with E-state index in [0.29, 0.717) is 19.6 Å². The number of rotatable bonds is 36. The molecule has 0 bridgehead atoms. The number of benzene rings is 3. The monoisotopic (exact) mass is 918 g/mol. The molecule has 0 aliphatic rings. The van der Waals surface area contributed by atoms with Crippen LogP contribution in [0.2, 0.25) is 0 Å². The molecule has 3 rings (SSSR count). The predicted molar refractivity (Wildman–Crippen MR) is 262 cm³/mol. The fraction of sp³-hybridized carbons (Fsp3) is 0.611. The summed E-state index contributed by atoms with van der Waals surface area (Å²) < 4.78 is 23.8. The van der Waals surface area contributed by atoms with Crippen LogP contribution in [0.3, 0.4) is 0 Å². The maximum atomic E-state index is 14.3. The molecule has 0 aliphatic carbocycles. The van der Waals surface area contributed by atoms with Gasteiger partial charge in [-0.1, -0.05) is 178 Å². The molecule has 12 heteroatoms. The Morgan fingerprint density at radius 2 is 1.14 bits per heavy atom. The normalized spacial score (nSPS) is 15.2. The number of carboxylic acid groups (broad SMARTS) is 1. The van der Waals surface area contributed by atoms with Crippen molar-refractivity contribution in [1.82, 2.24) is 16.0 Å². The Labute approximate surface area is 396 Å². The van der Waals surface area contributed by atoms with Gasteiger partial charge in [0.2, 0.25) is 11.8 Å². The van der Waals surface area contributed by atoms with Gasteiger partial charge in [-0.3, -0.25) is 9.59 Å². The highest BCUT2D eigenvalue weighted by Crippen LogP contribution is 2.26. The maximum Gasteiger partial charge on any atom is 0.328 e. The van der Waals surface area contributed by atoms with E-state index in [9.17, 15) is 24.6 Å². The van der Waals surface area contributed by atoms with Crippen LogP contribution in [0.25, 0.3) is 0 Å². The molecule has 0 saturated heterocycles. The van der Waals surface area contributed by atoms with Gasteiger partial charge in [0.1, 0.15) is 11.8 Å². The Hall–Kier alpha value is -4.33. The summed E-state index contributed by atoms with van der Waals surface area (Å²) in [5.74, 6) is -2.15. The number of hydrogen-bond donors (Lipinski definition) is 5. The summed E-state index contributed by atoms with van der Waals surface area (Å²) in [7, 11) is 1.63. The number of carbonyl (C=O) groups excluding carboxylic acids is 2. The topological polar surface area (TPSA) is 165 Å². The van der Waals surface area contributed by atoms with Crippen LogP contribution in [0.1, 0.15) is 135 Å². The third kappa shape index (κ3) is 21.5. The van der Waals surface area contributed by atoms with Gasteiger partial charge in [0.15, 0.2) is 6.04 Å². The van der Waals surface area contributed by atoms with Crippen molar-refractivity contribution in [3.05, 3.63) is 102 Å². The second kappa shape index (κ2) is 32.4. The minimum absolute atomic E-state index is 0.126. The number of aliphatic carboxylic acids is 1. The van der Waals surface area contributed by atoms with Crippen LogP contribution in [0.15, 0.2) is 84.9 Å². The lowest BCUT2D eigenvalue weighted by molar-refractivity contribution is -0.145. The van der Waals surface area contributed by atoms with E-state index in [-0.39, 0.29) is 43.7 Å². The van der Waals surface area contributed by atoms with E-state index in [2.05, 4.69) is 29.8 Å². The molecule has 8 atom stereocenters. The van der Waals surface area contributed by atoms with Crippen molar-refractivity contribution in [3.8, 4) is 5.75 Å². The summed E-state index contributed by atoms with van der Waals surface area (Å²) in [4.78, 5) is 40.6. The largest absolute Gasteiger partial charge is 0.497 e. The molecule has 5 N–H and O–H groups in total. The lowest BCUT2D eigenvalue weighted by Gasteiger charge is -2.34. The molecule has 2 amide bonds. The fourth-order valence-corrected chi connectivity index (χ4v) is 8.15. The first-order chi connectivity index (χ1) is 31.8. The van der Waals surface area contributed by atoms with Gasteiger partial charge in [-0.2, -0.15) is 0 Å². The van der Waals surface area contributed by atoms with Crippen LogP contribution in [0, 0.1) is 17.8 Å². The van der Waals surface area contributed by atoms with Gasteiger partial charge < -0.3 is 45.1 Å². The Morgan fingerprint density at radius 1 is 0.621 bits per heavy atom. The van der Waals surface area contributed by atoms with E-state index >= 15 is 0 Å². The Balaban J connectivity index is 1.69. The molecule has 0 spiro atoms. The van der Waals surface area contributed by atoms with E-state index < -0.39 is 48.1 Å². The summed E-state index contributed by atoms with van der Waals surface area (Å²) >= 11 is 0. The van der Waals surface area contributed by atoms with Gasteiger partial charge in [0.05, 0.1) is 57.9 Å². The van der Waals surface area contributed by atoms with Gasteiger partial charge >= 0.3 is 5.97 Å². The maximum absolute atomic E-state index is 14.3. The molecular weight excluding hydrogens is 835 g/mol. The summed E-state index contributed by atoms with van der Waals surface area (Å²) in [5.41, 5.74) is 2.72. The second-order valence-electron chi connectivity index (χ2n) is 18.4. The van der Waals surface area contributed by atoms with Crippen molar-refractivity contribution in [3.63, 3.8) is 0 Å². The molecule has 1 unspecified atom stereocenters. The lowest BCUT2D eigenvalue weighted by atomic mass is 9.86. The van der Waals surface area contributed by atoms with Crippen molar-refractivity contribution in [2.45, 2.75) is 175 Å². The smallest absolute Gasteiger partial charge is 0.328 e. The molecule has 0 saturated carbocycles. The zero-order valence-corrected chi connectivity index (χ0v) is 41.1. The van der Waals surface area contributed by atoms with Gasteiger partial charge in [0, 0.05) is 12.5 Å². The van der Waals surface area contributed by atoms with Crippen molar-refractivity contribution in [2.75, 3.05) is 20.3 Å². The molecule has 368 valence electrons. The zero-order chi connectivity index (χ0) is 48.1. The number of carboxylic acids is 1. The van der Waals surface area contributed by atoms with E-state index in [4.69, 9.17) is 18.9 Å². The second-order valence-corrected chi connectivity index (χ2v) is 18.4. The summed E-state index contributed by atoms with van der Waals surface area (Å²) in [6.07, 6.45) is 12.6. The molecular formula is C54H83N3O9. The molecule has 3 aromatic rings. The van der Waals surface area contributed by atoms with E-state index in [1.807, 2.05) is 106 Å². The average molecular weight is 918 g/mol. The van der Waals surface area contributed by atoms with Crippen LogP contribution in [0.5, 0.6) is 5.75 Å². The lowest BCUT2D eigenvalue weighted by Crippen LogP contribution is -2.60. The highest BCUT2D eigenvalue weighted by Gasteiger charge is 2.35. The molecule has 0 aromatic heterocycles. The molecule has 0 heterocycles. The summed E-state index contributed by atoms with van der Waals surface area (Å²) in [5, 5.41) is 30.6. The first kappa shape index (κ1) is 56.0. The third-order valence-electron chi connectivity index (χ3n) is 12.4. The zero-order valence-electron chi connectivity index (χ0n) is 41.1. The molecule has 0 aliphatic heterocycles. The van der Waals surface area contributed by atoms with Crippen molar-refractivity contribution in [1.29, 1.82) is 0 Å². The number of methoxy groups -OCH3 is 1. The Bertz CT molecular complexity index is 1750. The number of aliphatic hydroxyl groups excluding tert-OH is 1. The number of ether oxygens (including phenoxy) is 4. The SMILES string of the molecule is CCCCCCCCCCCCC[C@@H](O)[C@@H](C)[C@H](OCc1ccc(OC)cc1)[C@H](C)CN[C@H](C(=O)N[C@H](C(=O)N[C@@H](COCc1ccccc1)C(=O)O)C(C)OCc1ccccc1)C(C)C. The van der Waals surface area contributed by atoms with Gasteiger partial charge in [-0.15, -0.1) is 0 Å². The number of hydrogen-bond acceptors (Lipinski definition) is 9. The Kier molecular flexibility index (Phi) is 27.5. The molecule has 0 fully saturated rings. The van der Waals surface area contributed by atoms with E-state index in [0.717, 1.165) is 35.3 Å². The summed E-state index contributed by atoms with van der Waals surface area (Å²) in [6, 6.07) is 23.2. The van der Waals surface area contributed by atoms with E-state index in [1.54, 1.807) is 14.0 Å². The molecule has 12 nitrogen and oxygen atoms in total. The van der Waals surface area contributed by atoms with Crippen LogP contribution in [-0.2, 0) is 48.4 Å². The first-order valence-corrected chi connectivity index (χ1v) is 24.6. The van der Waals surface area contributed by atoms with E-state index in [1.165, 1.54) is 57.8 Å². The number of aliphatic hydroxyl groups is 1. The minimum Gasteiger partial charge on any atom is -0.497 e. The highest BCUT2D eigenvalue weighted by atomic mass is 16.5. The fourth-order valence-electron chi connectivity index (χ4n) is 8.15. The average Bonchev–Trinajstić information content (AvgIpc) is 3.31.